The third-order valence-electron chi connectivity index (χ3n) is 2.54. The van der Waals surface area contributed by atoms with Gasteiger partial charge in [-0.3, -0.25) is 4.99 Å². The van der Waals surface area contributed by atoms with E-state index in [2.05, 4.69) is 4.99 Å². The number of phenolic OH excluding ortho intramolecular Hbond substituents is 1. The van der Waals surface area contributed by atoms with Gasteiger partial charge in [0.15, 0.2) is 0 Å². The summed E-state index contributed by atoms with van der Waals surface area (Å²) in [6.45, 7) is 2.02. The van der Waals surface area contributed by atoms with Gasteiger partial charge in [-0.2, -0.15) is 0 Å². The van der Waals surface area contributed by atoms with E-state index >= 15 is 0 Å². The second-order valence-electron chi connectivity index (χ2n) is 4.06. The number of hydrogen-bond donors (Lipinski definition) is 2. The summed E-state index contributed by atoms with van der Waals surface area (Å²) in [7, 11) is 0. The van der Waals surface area contributed by atoms with Crippen LogP contribution in [0.5, 0.6) is 5.75 Å². The van der Waals surface area contributed by atoms with Crippen molar-refractivity contribution < 1.29 is 10.2 Å². The first-order chi connectivity index (χ1) is 8.18. The van der Waals surface area contributed by atoms with Gasteiger partial charge in [0.25, 0.3) is 0 Å². The predicted molar refractivity (Wildman–Crippen MR) is 69.8 cm³/mol. The highest BCUT2D eigenvalue weighted by molar-refractivity contribution is 6.02. The molecule has 0 unspecified atom stereocenters. The first-order valence-electron chi connectivity index (χ1n) is 5.57. The van der Waals surface area contributed by atoms with Gasteiger partial charge in [-0.1, -0.05) is 30.3 Å². The largest absolute Gasteiger partial charge is 0.507 e. The van der Waals surface area contributed by atoms with Gasteiger partial charge in [-0.15, -0.1) is 0 Å². The molecule has 3 nitrogen and oxygen atoms in total. The molecule has 1 atom stereocenters. The van der Waals surface area contributed by atoms with Crippen LogP contribution in [0.2, 0.25) is 0 Å². The van der Waals surface area contributed by atoms with Crippen molar-refractivity contribution in [3.8, 4) is 5.75 Å². The smallest absolute Gasteiger partial charge is 0.124 e. The summed E-state index contributed by atoms with van der Waals surface area (Å²) in [6, 6.07) is 11.3. The fourth-order valence-electron chi connectivity index (χ4n) is 1.72. The Bertz CT molecular complexity index is 547. The molecule has 0 radical (unpaired) electrons. The van der Waals surface area contributed by atoms with Crippen LogP contribution in [0, 0.1) is 0 Å². The van der Waals surface area contributed by atoms with Crippen molar-refractivity contribution in [3.05, 3.63) is 42.0 Å². The average Bonchev–Trinajstić information content (AvgIpc) is 2.32. The number of nitrogens with zero attached hydrogens (tertiary/aromatic N) is 1. The monoisotopic (exact) mass is 229 g/mol. The molecule has 0 aromatic heterocycles. The van der Waals surface area contributed by atoms with Crippen LogP contribution in [0.15, 0.2) is 41.4 Å². The molecular formula is C14H15NO2. The minimum atomic E-state index is -0.469. The highest BCUT2D eigenvalue weighted by Gasteiger charge is 2.03. The Morgan fingerprint density at radius 2 is 2.00 bits per heavy atom. The molecule has 3 heteroatoms. The van der Waals surface area contributed by atoms with Crippen LogP contribution in [-0.2, 0) is 0 Å². The Morgan fingerprint density at radius 1 is 1.24 bits per heavy atom. The molecule has 17 heavy (non-hydrogen) atoms. The van der Waals surface area contributed by atoms with Gasteiger partial charge in [-0.05, 0) is 23.8 Å². The van der Waals surface area contributed by atoms with Gasteiger partial charge < -0.3 is 10.2 Å². The van der Waals surface area contributed by atoms with Gasteiger partial charge in [0.05, 0.1) is 12.6 Å². The highest BCUT2D eigenvalue weighted by Crippen LogP contribution is 2.25. The van der Waals surface area contributed by atoms with E-state index in [1.165, 1.54) is 0 Å². The first kappa shape index (κ1) is 11.6. The molecule has 2 N–H and O–H groups in total. The molecule has 0 saturated heterocycles. The van der Waals surface area contributed by atoms with Gasteiger partial charge >= 0.3 is 0 Å². The maximum Gasteiger partial charge on any atom is 0.124 e. The molecule has 0 aliphatic carbocycles. The van der Waals surface area contributed by atoms with E-state index < -0.39 is 6.10 Å². The number of aliphatic hydroxyl groups is 1. The van der Waals surface area contributed by atoms with Crippen LogP contribution < -0.4 is 0 Å². The molecule has 0 aliphatic rings. The van der Waals surface area contributed by atoms with Gasteiger partial charge in [-0.25, -0.2) is 0 Å². The van der Waals surface area contributed by atoms with E-state index in [9.17, 15) is 5.11 Å². The number of phenols is 1. The van der Waals surface area contributed by atoms with Crippen molar-refractivity contribution in [3.63, 3.8) is 0 Å². The van der Waals surface area contributed by atoms with Crippen molar-refractivity contribution in [2.75, 3.05) is 6.54 Å². The second kappa shape index (κ2) is 4.97. The topological polar surface area (TPSA) is 52.8 Å². The lowest BCUT2D eigenvalue weighted by Gasteiger charge is -2.05. The molecular weight excluding hydrogens is 214 g/mol. The van der Waals surface area contributed by atoms with Crippen LogP contribution in [0.4, 0.5) is 0 Å². The van der Waals surface area contributed by atoms with Crippen LogP contribution >= 0.6 is 0 Å². The van der Waals surface area contributed by atoms with Crippen molar-refractivity contribution in [2.45, 2.75) is 13.0 Å². The summed E-state index contributed by atoms with van der Waals surface area (Å²) in [6.07, 6.45) is 1.15. The fraction of sp³-hybridized carbons (Fsp3) is 0.214. The Hall–Kier alpha value is -1.87. The van der Waals surface area contributed by atoms with Crippen LogP contribution in [0.25, 0.3) is 10.8 Å². The summed E-state index contributed by atoms with van der Waals surface area (Å²) in [5.41, 5.74) is 0.698. The van der Waals surface area contributed by atoms with Crippen LogP contribution in [0.1, 0.15) is 12.5 Å². The summed E-state index contributed by atoms with van der Waals surface area (Å²) in [5, 5.41) is 21.0. The normalized spacial score (nSPS) is 13.3. The molecule has 2 aromatic carbocycles. The second-order valence-corrected chi connectivity index (χ2v) is 4.06. The number of hydrogen-bond acceptors (Lipinski definition) is 3. The number of benzene rings is 2. The van der Waals surface area contributed by atoms with Crippen molar-refractivity contribution in [1.82, 2.24) is 0 Å². The van der Waals surface area contributed by atoms with Gasteiger partial charge in [0, 0.05) is 11.8 Å². The van der Waals surface area contributed by atoms with Gasteiger partial charge in [0.2, 0.25) is 0 Å². The lowest BCUT2D eigenvalue weighted by molar-refractivity contribution is 0.204. The number of rotatable bonds is 3. The van der Waals surface area contributed by atoms with Crippen molar-refractivity contribution in [1.29, 1.82) is 0 Å². The Balaban J connectivity index is 2.44. The zero-order valence-corrected chi connectivity index (χ0v) is 9.67. The predicted octanol–water partition coefficient (Wildman–Crippen LogP) is 2.35. The molecule has 0 spiro atoms. The molecule has 2 rings (SSSR count). The minimum Gasteiger partial charge on any atom is -0.507 e. The van der Waals surface area contributed by atoms with E-state index in [1.54, 1.807) is 19.2 Å². The summed E-state index contributed by atoms with van der Waals surface area (Å²) >= 11 is 0. The summed E-state index contributed by atoms with van der Waals surface area (Å²) in [5.74, 6) is 0.207. The molecule has 88 valence electrons. The van der Waals surface area contributed by atoms with E-state index in [0.717, 1.165) is 10.8 Å². The molecule has 2 aromatic rings. The van der Waals surface area contributed by atoms with E-state index in [4.69, 9.17) is 5.11 Å². The zero-order valence-electron chi connectivity index (χ0n) is 9.67. The van der Waals surface area contributed by atoms with Gasteiger partial charge in [0.1, 0.15) is 5.75 Å². The first-order valence-corrected chi connectivity index (χ1v) is 5.57. The summed E-state index contributed by atoms with van der Waals surface area (Å²) in [4.78, 5) is 4.12. The minimum absolute atomic E-state index is 0.207. The molecule has 0 fully saturated rings. The quantitative estimate of drug-likeness (QED) is 0.794. The van der Waals surface area contributed by atoms with E-state index in [-0.39, 0.29) is 5.75 Å². The summed E-state index contributed by atoms with van der Waals surface area (Å²) < 4.78 is 0. The lowest BCUT2D eigenvalue weighted by atomic mass is 10.0. The third-order valence-corrected chi connectivity index (χ3v) is 2.54. The standard InChI is InChI=1S/C14H15NO2/c1-10(16)8-15-9-13-12-5-3-2-4-11(12)6-7-14(13)17/h2-7,9-10,16-17H,8H2,1H3/t10-/m0/s1. The average molecular weight is 229 g/mol. The highest BCUT2D eigenvalue weighted by atomic mass is 16.3. The molecule has 0 heterocycles. The number of aromatic hydroxyl groups is 1. The zero-order chi connectivity index (χ0) is 12.3. The van der Waals surface area contributed by atoms with Crippen LogP contribution in [-0.4, -0.2) is 29.1 Å². The number of aliphatic imine (C=N–C) groups is 1. The Labute approximate surface area is 100 Å². The SMILES string of the molecule is C[C@H](O)CN=Cc1c(O)ccc2ccccc12. The number of fused-ring (bicyclic) bond motifs is 1. The van der Waals surface area contributed by atoms with Crippen LogP contribution in [0.3, 0.4) is 0 Å². The lowest BCUT2D eigenvalue weighted by Crippen LogP contribution is -2.04. The maximum absolute atomic E-state index is 9.82. The Morgan fingerprint density at radius 3 is 2.76 bits per heavy atom. The Kier molecular flexibility index (Phi) is 3.40. The van der Waals surface area contributed by atoms with E-state index in [0.29, 0.717) is 12.1 Å². The fourth-order valence-corrected chi connectivity index (χ4v) is 1.72. The van der Waals surface area contributed by atoms with Crippen molar-refractivity contribution in [2.24, 2.45) is 4.99 Å². The molecule has 0 saturated carbocycles. The third kappa shape index (κ3) is 2.63. The molecule has 0 aliphatic heterocycles. The molecule has 0 amide bonds. The van der Waals surface area contributed by atoms with Crippen molar-refractivity contribution >= 4 is 17.0 Å². The molecule has 0 bridgehead atoms. The van der Waals surface area contributed by atoms with E-state index in [1.807, 2.05) is 30.3 Å². The maximum atomic E-state index is 9.82. The number of aliphatic hydroxyl groups excluding tert-OH is 1.